The molecule has 15 heavy (non-hydrogen) atoms. The van der Waals surface area contributed by atoms with E-state index in [9.17, 15) is 0 Å². The molecule has 79 valence electrons. The van der Waals surface area contributed by atoms with Gasteiger partial charge in [0.05, 0.1) is 0 Å². The van der Waals surface area contributed by atoms with Crippen LogP contribution in [0.25, 0.3) is 0 Å². The third-order valence-corrected chi connectivity index (χ3v) is 5.19. The van der Waals surface area contributed by atoms with Gasteiger partial charge in [0.25, 0.3) is 0 Å². The van der Waals surface area contributed by atoms with Crippen molar-refractivity contribution in [3.05, 3.63) is 51.7 Å². The molecule has 0 fully saturated rings. The molecule has 0 saturated carbocycles. The van der Waals surface area contributed by atoms with Gasteiger partial charge in [-0.3, -0.25) is 0 Å². The lowest BCUT2D eigenvalue weighted by Crippen LogP contribution is -2.10. The smallest absolute Gasteiger partial charge is 0.0270 e. The van der Waals surface area contributed by atoms with E-state index >= 15 is 0 Å². The molecule has 0 spiro atoms. The second-order valence-corrected chi connectivity index (χ2v) is 6.61. The van der Waals surface area contributed by atoms with Crippen molar-refractivity contribution in [1.82, 2.24) is 0 Å². The highest BCUT2D eigenvalue weighted by Crippen LogP contribution is 2.30. The predicted octanol–water partition coefficient (Wildman–Crippen LogP) is 4.73. The van der Waals surface area contributed by atoms with Crippen LogP contribution in [0.5, 0.6) is 0 Å². The molecular weight excluding hydrogens is 288 g/mol. The van der Waals surface area contributed by atoms with Gasteiger partial charge in [0, 0.05) is 20.5 Å². The second kappa shape index (κ2) is 5.28. The SMILES string of the molecule is [CH2]C(c1cccs1)C(Br)Cc1cccs1. The van der Waals surface area contributed by atoms with Crippen LogP contribution in [0.4, 0.5) is 0 Å². The van der Waals surface area contributed by atoms with Gasteiger partial charge in [-0.2, -0.15) is 0 Å². The van der Waals surface area contributed by atoms with E-state index in [1.807, 2.05) is 11.3 Å². The van der Waals surface area contributed by atoms with E-state index in [4.69, 9.17) is 0 Å². The van der Waals surface area contributed by atoms with Crippen molar-refractivity contribution in [3.63, 3.8) is 0 Å². The predicted molar refractivity (Wildman–Crippen MR) is 73.2 cm³/mol. The Labute approximate surface area is 107 Å². The number of hydrogen-bond acceptors (Lipinski definition) is 2. The van der Waals surface area contributed by atoms with Crippen molar-refractivity contribution in [2.24, 2.45) is 0 Å². The van der Waals surface area contributed by atoms with Crippen LogP contribution in [0.15, 0.2) is 35.0 Å². The van der Waals surface area contributed by atoms with E-state index in [0.29, 0.717) is 10.7 Å². The Morgan fingerprint density at radius 2 is 1.93 bits per heavy atom. The van der Waals surface area contributed by atoms with E-state index in [2.05, 4.69) is 57.9 Å². The standard InChI is InChI=1S/C12H12BrS2/c1-9(12-5-3-7-15-12)11(13)8-10-4-2-6-14-10/h2-7,9,11H,1,8H2. The van der Waals surface area contributed by atoms with Crippen molar-refractivity contribution in [3.8, 4) is 0 Å². The quantitative estimate of drug-likeness (QED) is 0.716. The van der Waals surface area contributed by atoms with Crippen molar-refractivity contribution in [1.29, 1.82) is 0 Å². The van der Waals surface area contributed by atoms with Crippen LogP contribution in [0.1, 0.15) is 15.7 Å². The first-order chi connectivity index (χ1) is 7.27. The zero-order valence-electron chi connectivity index (χ0n) is 8.23. The van der Waals surface area contributed by atoms with Gasteiger partial charge in [0.15, 0.2) is 0 Å². The number of hydrogen-bond donors (Lipinski definition) is 0. The van der Waals surface area contributed by atoms with Gasteiger partial charge in [-0.25, -0.2) is 0 Å². The van der Waals surface area contributed by atoms with Gasteiger partial charge in [-0.15, -0.1) is 22.7 Å². The lowest BCUT2D eigenvalue weighted by molar-refractivity contribution is 0.784. The highest BCUT2D eigenvalue weighted by atomic mass is 79.9. The third-order valence-electron chi connectivity index (χ3n) is 2.32. The first kappa shape index (κ1) is 11.4. The molecule has 0 aliphatic rings. The molecule has 2 aromatic rings. The number of thiophene rings is 2. The van der Waals surface area contributed by atoms with Gasteiger partial charge in [0.2, 0.25) is 0 Å². The Morgan fingerprint density at radius 1 is 1.20 bits per heavy atom. The van der Waals surface area contributed by atoms with Crippen LogP contribution in [0.2, 0.25) is 0 Å². The highest BCUT2D eigenvalue weighted by molar-refractivity contribution is 9.09. The van der Waals surface area contributed by atoms with Gasteiger partial charge in [-0.05, 0) is 36.2 Å². The molecule has 3 heteroatoms. The van der Waals surface area contributed by atoms with Crippen molar-refractivity contribution in [2.45, 2.75) is 17.2 Å². The largest absolute Gasteiger partial charge is 0.149 e. The molecule has 2 unspecified atom stereocenters. The zero-order valence-corrected chi connectivity index (χ0v) is 11.4. The minimum absolute atomic E-state index is 0.340. The summed E-state index contributed by atoms with van der Waals surface area (Å²) in [6.45, 7) is 4.23. The Kier molecular flexibility index (Phi) is 4.00. The van der Waals surface area contributed by atoms with Gasteiger partial charge in [0.1, 0.15) is 0 Å². The van der Waals surface area contributed by atoms with Crippen LogP contribution in [-0.2, 0) is 6.42 Å². The summed E-state index contributed by atoms with van der Waals surface area (Å²) < 4.78 is 0. The van der Waals surface area contributed by atoms with E-state index in [-0.39, 0.29) is 0 Å². The summed E-state index contributed by atoms with van der Waals surface area (Å²) in [5.74, 6) is 0.340. The average molecular weight is 300 g/mol. The Balaban J connectivity index is 1.99. The molecule has 0 nitrogen and oxygen atoms in total. The Bertz CT molecular complexity index is 378. The van der Waals surface area contributed by atoms with Crippen molar-refractivity contribution >= 4 is 38.6 Å². The fraction of sp³-hybridized carbons (Fsp3) is 0.250. The van der Waals surface area contributed by atoms with Crippen LogP contribution in [0, 0.1) is 6.92 Å². The van der Waals surface area contributed by atoms with Crippen LogP contribution < -0.4 is 0 Å². The van der Waals surface area contributed by atoms with Crippen LogP contribution in [-0.4, -0.2) is 4.83 Å². The first-order valence-corrected chi connectivity index (χ1v) is 7.48. The maximum atomic E-state index is 4.23. The first-order valence-electron chi connectivity index (χ1n) is 4.80. The summed E-state index contributed by atoms with van der Waals surface area (Å²) in [6.07, 6.45) is 1.06. The number of halogens is 1. The second-order valence-electron chi connectivity index (χ2n) is 3.42. The van der Waals surface area contributed by atoms with Gasteiger partial charge >= 0.3 is 0 Å². The Morgan fingerprint density at radius 3 is 2.53 bits per heavy atom. The number of rotatable bonds is 4. The summed E-state index contributed by atoms with van der Waals surface area (Å²) in [5.41, 5.74) is 0. The maximum Gasteiger partial charge on any atom is 0.0270 e. The summed E-state index contributed by atoms with van der Waals surface area (Å²) in [6, 6.07) is 8.52. The lowest BCUT2D eigenvalue weighted by atomic mass is 10.0. The van der Waals surface area contributed by atoms with E-state index in [1.54, 1.807) is 11.3 Å². The zero-order chi connectivity index (χ0) is 10.7. The summed E-state index contributed by atoms with van der Waals surface area (Å²) in [7, 11) is 0. The summed E-state index contributed by atoms with van der Waals surface area (Å²) >= 11 is 7.33. The fourth-order valence-corrected chi connectivity index (χ4v) is 4.04. The maximum absolute atomic E-state index is 4.23. The molecule has 0 aromatic carbocycles. The molecule has 2 aromatic heterocycles. The average Bonchev–Trinajstić information content (AvgIpc) is 2.88. The highest BCUT2D eigenvalue weighted by Gasteiger charge is 2.17. The fourth-order valence-electron chi connectivity index (χ4n) is 1.44. The normalized spacial score (nSPS) is 15.1. The molecule has 2 rings (SSSR count). The summed E-state index contributed by atoms with van der Waals surface area (Å²) in [5, 5.41) is 4.23. The van der Waals surface area contributed by atoms with Gasteiger partial charge in [-0.1, -0.05) is 28.1 Å². The molecule has 0 aliphatic carbocycles. The molecular formula is C12H12BrS2. The van der Waals surface area contributed by atoms with Crippen molar-refractivity contribution in [2.75, 3.05) is 0 Å². The molecule has 0 amide bonds. The molecule has 0 saturated heterocycles. The lowest BCUT2D eigenvalue weighted by Gasteiger charge is -2.15. The molecule has 2 heterocycles. The Hall–Kier alpha value is -0.120. The molecule has 0 bridgehead atoms. The molecule has 2 atom stereocenters. The van der Waals surface area contributed by atoms with Crippen molar-refractivity contribution < 1.29 is 0 Å². The minimum atomic E-state index is 0.340. The summed E-state index contributed by atoms with van der Waals surface area (Å²) in [4.78, 5) is 3.20. The monoisotopic (exact) mass is 299 g/mol. The minimum Gasteiger partial charge on any atom is -0.149 e. The van der Waals surface area contributed by atoms with Gasteiger partial charge < -0.3 is 0 Å². The van der Waals surface area contributed by atoms with E-state index in [0.717, 1.165) is 6.42 Å². The molecule has 0 N–H and O–H groups in total. The topological polar surface area (TPSA) is 0 Å². The third kappa shape index (κ3) is 2.92. The molecule has 1 radical (unpaired) electrons. The van der Waals surface area contributed by atoms with E-state index < -0.39 is 0 Å². The van der Waals surface area contributed by atoms with Crippen LogP contribution in [0.3, 0.4) is 0 Å². The van der Waals surface area contributed by atoms with E-state index in [1.165, 1.54) is 9.75 Å². The van der Waals surface area contributed by atoms with Crippen LogP contribution >= 0.6 is 38.6 Å². The molecule has 0 aliphatic heterocycles. The number of alkyl halides is 1.